The van der Waals surface area contributed by atoms with Gasteiger partial charge in [-0.05, 0) is 50.5 Å². The van der Waals surface area contributed by atoms with Gasteiger partial charge in [0.25, 0.3) is 0 Å². The van der Waals surface area contributed by atoms with Gasteiger partial charge in [-0.15, -0.1) is 0 Å². The maximum Gasteiger partial charge on any atom is 0.179 e. The lowest BCUT2D eigenvalue weighted by Crippen LogP contribution is -2.27. The average molecular weight is 359 g/mol. The van der Waals surface area contributed by atoms with Crippen LogP contribution in [0.3, 0.4) is 0 Å². The molecule has 0 fully saturated rings. The van der Waals surface area contributed by atoms with Crippen LogP contribution in [0.25, 0.3) is 22.8 Å². The molecule has 1 aliphatic rings. The molecule has 2 aromatic heterocycles. The van der Waals surface area contributed by atoms with E-state index < -0.39 is 0 Å². The molecule has 0 aliphatic heterocycles. The molecule has 0 spiro atoms. The first kappa shape index (κ1) is 17.7. The van der Waals surface area contributed by atoms with Gasteiger partial charge in [0, 0.05) is 22.2 Å². The molecule has 0 unspecified atom stereocenters. The SMILES string of the molecule is COc1ccccc1-c1nc(-c2cccc(C)n2)nc2c1CCCC2(C)C. The molecule has 1 aromatic carbocycles. The van der Waals surface area contributed by atoms with E-state index in [1.54, 1.807) is 7.11 Å². The molecule has 0 radical (unpaired) electrons. The largest absolute Gasteiger partial charge is 0.496 e. The average Bonchev–Trinajstić information content (AvgIpc) is 2.67. The van der Waals surface area contributed by atoms with Crippen molar-refractivity contribution >= 4 is 0 Å². The molecule has 1 aliphatic carbocycles. The molecule has 0 saturated carbocycles. The predicted molar refractivity (Wildman–Crippen MR) is 108 cm³/mol. The van der Waals surface area contributed by atoms with E-state index in [2.05, 4.69) is 24.9 Å². The van der Waals surface area contributed by atoms with Crippen LogP contribution >= 0.6 is 0 Å². The molecule has 0 atom stereocenters. The number of nitrogens with zero attached hydrogens (tertiary/aromatic N) is 3. The molecular weight excluding hydrogens is 334 g/mol. The first-order valence-corrected chi connectivity index (χ1v) is 9.48. The lowest BCUT2D eigenvalue weighted by atomic mass is 9.75. The molecule has 0 amide bonds. The van der Waals surface area contributed by atoms with Gasteiger partial charge in [0.1, 0.15) is 11.4 Å². The Morgan fingerprint density at radius 1 is 0.963 bits per heavy atom. The number of fused-ring (bicyclic) bond motifs is 1. The van der Waals surface area contributed by atoms with Gasteiger partial charge in [-0.3, -0.25) is 0 Å². The molecule has 27 heavy (non-hydrogen) atoms. The summed E-state index contributed by atoms with van der Waals surface area (Å²) in [6.45, 7) is 6.54. The summed E-state index contributed by atoms with van der Waals surface area (Å²) in [5, 5.41) is 0. The van der Waals surface area contributed by atoms with Crippen LogP contribution in [0.1, 0.15) is 43.6 Å². The Labute approximate surface area is 160 Å². The molecule has 4 rings (SSSR count). The van der Waals surface area contributed by atoms with Crippen LogP contribution in [-0.2, 0) is 11.8 Å². The number of aryl methyl sites for hydroxylation is 1. The molecule has 0 bridgehead atoms. The number of para-hydroxylation sites is 1. The van der Waals surface area contributed by atoms with Crippen LogP contribution in [0.4, 0.5) is 0 Å². The molecular formula is C23H25N3O. The molecule has 2 heterocycles. The Bertz CT molecular complexity index is 995. The fourth-order valence-electron chi connectivity index (χ4n) is 3.95. The summed E-state index contributed by atoms with van der Waals surface area (Å²) in [5.41, 5.74) is 6.18. The summed E-state index contributed by atoms with van der Waals surface area (Å²) in [7, 11) is 1.71. The van der Waals surface area contributed by atoms with Crippen molar-refractivity contribution in [1.82, 2.24) is 15.0 Å². The number of benzene rings is 1. The van der Waals surface area contributed by atoms with Gasteiger partial charge >= 0.3 is 0 Å². The van der Waals surface area contributed by atoms with Gasteiger partial charge < -0.3 is 4.74 Å². The fourth-order valence-corrected chi connectivity index (χ4v) is 3.95. The van der Waals surface area contributed by atoms with Crippen molar-refractivity contribution in [2.45, 2.75) is 45.4 Å². The topological polar surface area (TPSA) is 47.9 Å². The van der Waals surface area contributed by atoms with Gasteiger partial charge in [0.15, 0.2) is 5.82 Å². The van der Waals surface area contributed by atoms with Crippen molar-refractivity contribution in [2.75, 3.05) is 7.11 Å². The van der Waals surface area contributed by atoms with Crippen LogP contribution < -0.4 is 4.74 Å². The summed E-state index contributed by atoms with van der Waals surface area (Å²) in [6, 6.07) is 14.1. The highest BCUT2D eigenvalue weighted by atomic mass is 16.5. The van der Waals surface area contributed by atoms with Crippen molar-refractivity contribution in [3.63, 3.8) is 0 Å². The maximum absolute atomic E-state index is 5.63. The number of ether oxygens (including phenoxy) is 1. The molecule has 138 valence electrons. The molecule has 0 N–H and O–H groups in total. The number of aromatic nitrogens is 3. The molecule has 4 nitrogen and oxygen atoms in total. The standard InChI is InChI=1S/C23H25N3O/c1-15-9-7-12-18(24-15)22-25-20(16-10-5-6-13-19(16)27-4)17-11-8-14-23(2,3)21(17)26-22/h5-7,9-10,12-13H,8,11,14H2,1-4H3. The van der Waals surface area contributed by atoms with E-state index in [0.717, 1.165) is 53.4 Å². The van der Waals surface area contributed by atoms with E-state index >= 15 is 0 Å². The minimum atomic E-state index is 0.0197. The third-order valence-corrected chi connectivity index (χ3v) is 5.36. The normalized spacial score (nSPS) is 15.3. The molecule has 4 heteroatoms. The zero-order valence-corrected chi connectivity index (χ0v) is 16.4. The van der Waals surface area contributed by atoms with Crippen LogP contribution in [0.2, 0.25) is 0 Å². The summed E-state index contributed by atoms with van der Waals surface area (Å²) in [5.74, 6) is 1.53. The fraction of sp³-hybridized carbons (Fsp3) is 0.348. The number of rotatable bonds is 3. The highest BCUT2D eigenvalue weighted by Crippen LogP contribution is 2.42. The van der Waals surface area contributed by atoms with E-state index in [1.165, 1.54) is 5.56 Å². The maximum atomic E-state index is 5.63. The summed E-state index contributed by atoms with van der Waals surface area (Å²) in [4.78, 5) is 14.7. The molecule has 3 aromatic rings. The van der Waals surface area contributed by atoms with E-state index in [0.29, 0.717) is 5.82 Å². The van der Waals surface area contributed by atoms with Gasteiger partial charge in [-0.25, -0.2) is 15.0 Å². The van der Waals surface area contributed by atoms with Gasteiger partial charge in [-0.2, -0.15) is 0 Å². The van der Waals surface area contributed by atoms with E-state index in [9.17, 15) is 0 Å². The minimum absolute atomic E-state index is 0.0197. The monoisotopic (exact) mass is 359 g/mol. The Hall–Kier alpha value is -2.75. The summed E-state index contributed by atoms with van der Waals surface area (Å²) < 4.78 is 5.63. The third-order valence-electron chi connectivity index (χ3n) is 5.36. The highest BCUT2D eigenvalue weighted by Gasteiger charge is 2.33. The smallest absolute Gasteiger partial charge is 0.179 e. The predicted octanol–water partition coefficient (Wildman–Crippen LogP) is 5.14. The quantitative estimate of drug-likeness (QED) is 0.650. The lowest BCUT2D eigenvalue weighted by molar-refractivity contribution is 0.413. The van der Waals surface area contributed by atoms with Crippen LogP contribution in [0, 0.1) is 6.92 Å². The first-order valence-electron chi connectivity index (χ1n) is 9.48. The van der Waals surface area contributed by atoms with Gasteiger partial charge in [-0.1, -0.05) is 32.0 Å². The van der Waals surface area contributed by atoms with Crippen LogP contribution in [-0.4, -0.2) is 22.1 Å². The molecule has 0 saturated heterocycles. The van der Waals surface area contributed by atoms with E-state index in [1.807, 2.05) is 43.3 Å². The second-order valence-electron chi connectivity index (χ2n) is 7.82. The number of hydrogen-bond donors (Lipinski definition) is 0. The van der Waals surface area contributed by atoms with Crippen molar-refractivity contribution in [3.8, 4) is 28.5 Å². The van der Waals surface area contributed by atoms with Crippen LogP contribution in [0.15, 0.2) is 42.5 Å². The number of hydrogen-bond acceptors (Lipinski definition) is 4. The summed E-state index contributed by atoms with van der Waals surface area (Å²) in [6.07, 6.45) is 3.27. The zero-order chi connectivity index (χ0) is 19.0. The second-order valence-corrected chi connectivity index (χ2v) is 7.82. The van der Waals surface area contributed by atoms with Crippen LogP contribution in [0.5, 0.6) is 5.75 Å². The minimum Gasteiger partial charge on any atom is -0.496 e. The first-order chi connectivity index (χ1) is 13.0. The number of pyridine rings is 1. The van der Waals surface area contributed by atoms with Gasteiger partial charge in [0.05, 0.1) is 18.5 Å². The lowest BCUT2D eigenvalue weighted by Gasteiger charge is -2.32. The Balaban J connectivity index is 2.01. The van der Waals surface area contributed by atoms with E-state index in [4.69, 9.17) is 14.7 Å². The zero-order valence-electron chi connectivity index (χ0n) is 16.4. The Kier molecular flexibility index (Phi) is 4.42. The van der Waals surface area contributed by atoms with Crippen molar-refractivity contribution < 1.29 is 4.74 Å². The van der Waals surface area contributed by atoms with Crippen molar-refractivity contribution in [2.24, 2.45) is 0 Å². The van der Waals surface area contributed by atoms with Crippen molar-refractivity contribution in [1.29, 1.82) is 0 Å². The Morgan fingerprint density at radius 3 is 2.56 bits per heavy atom. The van der Waals surface area contributed by atoms with E-state index in [-0.39, 0.29) is 5.41 Å². The second kappa shape index (κ2) is 6.76. The number of methoxy groups -OCH3 is 1. The Morgan fingerprint density at radius 2 is 1.78 bits per heavy atom. The summed E-state index contributed by atoms with van der Waals surface area (Å²) >= 11 is 0. The van der Waals surface area contributed by atoms with Gasteiger partial charge in [0.2, 0.25) is 0 Å². The highest BCUT2D eigenvalue weighted by molar-refractivity contribution is 5.73. The third kappa shape index (κ3) is 3.20. The van der Waals surface area contributed by atoms with Crippen molar-refractivity contribution in [3.05, 3.63) is 59.4 Å².